The van der Waals surface area contributed by atoms with Gasteiger partial charge in [0.25, 0.3) is 0 Å². The Morgan fingerprint density at radius 1 is 1.41 bits per heavy atom. The molecule has 0 saturated heterocycles. The van der Waals surface area contributed by atoms with Gasteiger partial charge in [-0.05, 0) is 30.5 Å². The second kappa shape index (κ2) is 4.83. The molecule has 0 atom stereocenters. The molecule has 3 rings (SSSR count). The van der Waals surface area contributed by atoms with Crippen molar-refractivity contribution in [1.82, 2.24) is 4.98 Å². The Kier molecular flexibility index (Phi) is 3.21. The summed E-state index contributed by atoms with van der Waals surface area (Å²) in [6.45, 7) is 1.04. The summed E-state index contributed by atoms with van der Waals surface area (Å²) in [6.07, 6.45) is 5.52. The molecule has 1 heterocycles. The van der Waals surface area contributed by atoms with E-state index in [4.69, 9.17) is 11.6 Å². The topological polar surface area (TPSA) is 24.9 Å². The minimum absolute atomic E-state index is 0.780. The SMILES string of the molecule is Clc1ccc2nc(NCCC3CCC3)sc2c1. The lowest BCUT2D eigenvalue weighted by atomic mass is 9.83. The largest absolute Gasteiger partial charge is 0.361 e. The summed E-state index contributed by atoms with van der Waals surface area (Å²) < 4.78 is 1.16. The van der Waals surface area contributed by atoms with Gasteiger partial charge in [-0.2, -0.15) is 0 Å². The number of anilines is 1. The van der Waals surface area contributed by atoms with Crippen LogP contribution in [0, 0.1) is 5.92 Å². The predicted octanol–water partition coefficient (Wildman–Crippen LogP) is 4.55. The molecule has 0 amide bonds. The number of nitrogens with zero attached hydrogens (tertiary/aromatic N) is 1. The van der Waals surface area contributed by atoms with Crippen molar-refractivity contribution in [3.63, 3.8) is 0 Å². The summed E-state index contributed by atoms with van der Waals surface area (Å²) in [5, 5.41) is 5.21. The van der Waals surface area contributed by atoms with Crippen LogP contribution in [-0.4, -0.2) is 11.5 Å². The van der Waals surface area contributed by atoms with Gasteiger partial charge in [0.05, 0.1) is 10.2 Å². The number of benzene rings is 1. The fourth-order valence-electron chi connectivity index (χ4n) is 2.14. The Balaban J connectivity index is 1.64. The van der Waals surface area contributed by atoms with Crippen molar-refractivity contribution < 1.29 is 0 Å². The Hall–Kier alpha value is -0.800. The van der Waals surface area contributed by atoms with Crippen LogP contribution in [0.15, 0.2) is 18.2 Å². The van der Waals surface area contributed by atoms with Crippen LogP contribution in [0.4, 0.5) is 5.13 Å². The van der Waals surface area contributed by atoms with E-state index in [9.17, 15) is 0 Å². The number of halogens is 1. The molecule has 17 heavy (non-hydrogen) atoms. The average Bonchev–Trinajstić information content (AvgIpc) is 2.63. The standard InChI is InChI=1S/C13H15ClN2S/c14-10-4-5-11-12(8-10)17-13(16-11)15-7-6-9-2-1-3-9/h4-5,8-9H,1-3,6-7H2,(H,15,16). The Labute approximate surface area is 110 Å². The van der Waals surface area contributed by atoms with Gasteiger partial charge in [0.2, 0.25) is 0 Å². The average molecular weight is 267 g/mol. The van der Waals surface area contributed by atoms with Crippen LogP contribution in [-0.2, 0) is 0 Å². The molecule has 0 bridgehead atoms. The molecule has 1 saturated carbocycles. The molecule has 2 aromatic rings. The van der Waals surface area contributed by atoms with Gasteiger partial charge in [-0.3, -0.25) is 0 Å². The summed E-state index contributed by atoms with van der Waals surface area (Å²) in [5.74, 6) is 0.950. The van der Waals surface area contributed by atoms with E-state index in [0.717, 1.165) is 32.8 Å². The molecule has 90 valence electrons. The van der Waals surface area contributed by atoms with Crippen molar-refractivity contribution in [3.05, 3.63) is 23.2 Å². The lowest BCUT2D eigenvalue weighted by Crippen LogP contribution is -2.15. The van der Waals surface area contributed by atoms with Crippen LogP contribution in [0.3, 0.4) is 0 Å². The summed E-state index contributed by atoms with van der Waals surface area (Å²) in [4.78, 5) is 4.54. The Morgan fingerprint density at radius 2 is 2.29 bits per heavy atom. The van der Waals surface area contributed by atoms with Gasteiger partial charge in [-0.1, -0.05) is 42.2 Å². The minimum atomic E-state index is 0.780. The van der Waals surface area contributed by atoms with Crippen molar-refractivity contribution in [1.29, 1.82) is 0 Å². The molecule has 1 aromatic carbocycles. The molecule has 4 heteroatoms. The monoisotopic (exact) mass is 266 g/mol. The number of nitrogens with one attached hydrogen (secondary N) is 1. The maximum absolute atomic E-state index is 5.96. The highest BCUT2D eigenvalue weighted by atomic mass is 35.5. The van der Waals surface area contributed by atoms with Gasteiger partial charge < -0.3 is 5.32 Å². The fraction of sp³-hybridized carbons (Fsp3) is 0.462. The van der Waals surface area contributed by atoms with Gasteiger partial charge >= 0.3 is 0 Å². The fourth-order valence-corrected chi connectivity index (χ4v) is 3.31. The normalized spacial score (nSPS) is 16.1. The first-order valence-corrected chi connectivity index (χ1v) is 7.31. The second-order valence-corrected chi connectivity index (χ2v) is 6.11. The van der Waals surface area contributed by atoms with E-state index < -0.39 is 0 Å². The first-order chi connectivity index (χ1) is 8.31. The number of rotatable bonds is 4. The van der Waals surface area contributed by atoms with E-state index in [1.54, 1.807) is 11.3 Å². The Bertz CT molecular complexity index is 519. The molecule has 0 spiro atoms. The Morgan fingerprint density at radius 3 is 3.06 bits per heavy atom. The van der Waals surface area contributed by atoms with Gasteiger partial charge in [-0.25, -0.2) is 4.98 Å². The minimum Gasteiger partial charge on any atom is -0.361 e. The summed E-state index contributed by atoms with van der Waals surface area (Å²) in [5.41, 5.74) is 1.03. The van der Waals surface area contributed by atoms with Crippen LogP contribution in [0.2, 0.25) is 5.02 Å². The summed E-state index contributed by atoms with van der Waals surface area (Å²) in [6, 6.07) is 5.85. The zero-order chi connectivity index (χ0) is 11.7. The van der Waals surface area contributed by atoms with Gasteiger partial charge in [0.1, 0.15) is 0 Å². The molecule has 1 aromatic heterocycles. The van der Waals surface area contributed by atoms with E-state index in [-0.39, 0.29) is 0 Å². The van der Waals surface area contributed by atoms with Gasteiger partial charge in [0.15, 0.2) is 5.13 Å². The molecule has 1 aliphatic rings. The summed E-state index contributed by atoms with van der Waals surface area (Å²) in [7, 11) is 0. The first kappa shape index (κ1) is 11.3. The molecule has 2 nitrogen and oxygen atoms in total. The second-order valence-electron chi connectivity index (χ2n) is 4.64. The van der Waals surface area contributed by atoms with E-state index in [1.165, 1.54) is 25.7 Å². The number of aromatic nitrogens is 1. The van der Waals surface area contributed by atoms with Gasteiger partial charge in [-0.15, -0.1) is 0 Å². The maximum Gasteiger partial charge on any atom is 0.183 e. The highest BCUT2D eigenvalue weighted by molar-refractivity contribution is 7.22. The predicted molar refractivity (Wildman–Crippen MR) is 75.1 cm³/mol. The zero-order valence-corrected chi connectivity index (χ0v) is 11.2. The molecule has 1 fully saturated rings. The van der Waals surface area contributed by atoms with Crippen molar-refractivity contribution in [2.45, 2.75) is 25.7 Å². The molecular weight excluding hydrogens is 252 g/mol. The molecular formula is C13H15ClN2S. The molecule has 0 radical (unpaired) electrons. The van der Waals surface area contributed by atoms with Crippen molar-refractivity contribution in [2.24, 2.45) is 5.92 Å². The number of hydrogen-bond acceptors (Lipinski definition) is 3. The highest BCUT2D eigenvalue weighted by Crippen LogP contribution is 2.31. The van der Waals surface area contributed by atoms with Crippen LogP contribution in [0.5, 0.6) is 0 Å². The number of fused-ring (bicyclic) bond motifs is 1. The van der Waals surface area contributed by atoms with Crippen molar-refractivity contribution >= 4 is 38.3 Å². The third kappa shape index (κ3) is 2.55. The third-order valence-electron chi connectivity index (χ3n) is 3.40. The zero-order valence-electron chi connectivity index (χ0n) is 9.58. The number of thiazole rings is 1. The van der Waals surface area contributed by atoms with Crippen molar-refractivity contribution in [2.75, 3.05) is 11.9 Å². The summed E-state index contributed by atoms with van der Waals surface area (Å²) >= 11 is 7.64. The molecule has 0 unspecified atom stereocenters. The van der Waals surface area contributed by atoms with Crippen LogP contribution >= 0.6 is 22.9 Å². The third-order valence-corrected chi connectivity index (χ3v) is 4.62. The maximum atomic E-state index is 5.96. The molecule has 1 N–H and O–H groups in total. The quantitative estimate of drug-likeness (QED) is 0.878. The van der Waals surface area contributed by atoms with E-state index in [0.29, 0.717) is 0 Å². The van der Waals surface area contributed by atoms with Crippen LogP contribution < -0.4 is 5.32 Å². The smallest absolute Gasteiger partial charge is 0.183 e. The van der Waals surface area contributed by atoms with Gasteiger partial charge in [0, 0.05) is 11.6 Å². The highest BCUT2D eigenvalue weighted by Gasteiger charge is 2.16. The number of hydrogen-bond donors (Lipinski definition) is 1. The first-order valence-electron chi connectivity index (χ1n) is 6.11. The molecule has 1 aliphatic carbocycles. The van der Waals surface area contributed by atoms with Crippen molar-refractivity contribution in [3.8, 4) is 0 Å². The van der Waals surface area contributed by atoms with Crippen LogP contribution in [0.25, 0.3) is 10.2 Å². The lowest BCUT2D eigenvalue weighted by Gasteiger charge is -2.24. The van der Waals surface area contributed by atoms with E-state index in [1.807, 2.05) is 18.2 Å². The van der Waals surface area contributed by atoms with E-state index >= 15 is 0 Å². The lowest BCUT2D eigenvalue weighted by molar-refractivity contribution is 0.303. The van der Waals surface area contributed by atoms with E-state index in [2.05, 4.69) is 10.3 Å². The molecule has 0 aliphatic heterocycles. The van der Waals surface area contributed by atoms with Crippen LogP contribution in [0.1, 0.15) is 25.7 Å².